The lowest BCUT2D eigenvalue weighted by Crippen LogP contribution is -2.14. The first-order chi connectivity index (χ1) is 12.3. The van der Waals surface area contributed by atoms with Gasteiger partial charge in [0.05, 0.1) is 13.2 Å². The van der Waals surface area contributed by atoms with E-state index in [4.69, 9.17) is 20.6 Å². The summed E-state index contributed by atoms with van der Waals surface area (Å²) in [6, 6.07) is 6.47. The molecular weight excluding hydrogens is 394 g/mol. The molecule has 2 heterocycles. The predicted octanol–water partition coefficient (Wildman–Crippen LogP) is 4.58. The molecule has 0 aliphatic carbocycles. The monoisotopic (exact) mass is 408 g/mol. The molecule has 0 atom stereocenters. The van der Waals surface area contributed by atoms with E-state index >= 15 is 0 Å². The number of nitrogens with zero attached hydrogens (tertiary/aromatic N) is 2. The molecule has 0 bridgehead atoms. The molecule has 1 aromatic carbocycles. The van der Waals surface area contributed by atoms with Crippen LogP contribution in [0.3, 0.4) is 0 Å². The van der Waals surface area contributed by atoms with Gasteiger partial charge in [-0.05, 0) is 29.3 Å². The van der Waals surface area contributed by atoms with E-state index in [2.05, 4.69) is 15.3 Å². The predicted molar refractivity (Wildman–Crippen MR) is 91.1 cm³/mol. The van der Waals surface area contributed by atoms with Gasteiger partial charge in [-0.1, -0.05) is 12.1 Å². The van der Waals surface area contributed by atoms with E-state index in [9.17, 15) is 18.1 Å². The number of hydrogen-bond donors (Lipinski definition) is 2. The molecule has 0 radical (unpaired) electrons. The van der Waals surface area contributed by atoms with Crippen LogP contribution in [0.1, 0.15) is 17.5 Å². The Bertz CT molecular complexity index is 771. The van der Waals surface area contributed by atoms with Crippen LogP contribution < -0.4 is 5.32 Å². The fraction of sp³-hybridized carbons (Fsp3) is 0.333. The van der Waals surface area contributed by atoms with Crippen molar-refractivity contribution in [2.75, 3.05) is 18.5 Å². The molecule has 0 unspecified atom stereocenters. The molecule has 6 nitrogen and oxygen atoms in total. The molecular formula is C15H15ClF3N3O3P+. The summed E-state index contributed by atoms with van der Waals surface area (Å²) < 4.78 is 49.8. The van der Waals surface area contributed by atoms with E-state index in [1.807, 2.05) is 0 Å². The number of alkyl halides is 3. The minimum Gasteiger partial charge on any atom is -0.340 e. The Morgan fingerprint density at radius 2 is 1.85 bits per heavy atom. The minimum atomic E-state index is -4.61. The van der Waals surface area contributed by atoms with Crippen LogP contribution >= 0.6 is 19.5 Å². The summed E-state index contributed by atoms with van der Waals surface area (Å²) in [5.74, 6) is -0.435. The zero-order valence-corrected chi connectivity index (χ0v) is 15.0. The third-order valence-corrected chi connectivity index (χ3v) is 5.66. The van der Waals surface area contributed by atoms with Crippen LogP contribution in [0, 0.1) is 0 Å². The Hall–Kier alpha value is -1.51. The number of anilines is 2. The maximum atomic E-state index is 13.0. The van der Waals surface area contributed by atoms with Gasteiger partial charge in [-0.2, -0.15) is 32.1 Å². The van der Waals surface area contributed by atoms with E-state index in [0.29, 0.717) is 25.1 Å². The average molecular weight is 409 g/mol. The molecule has 0 saturated carbocycles. The lowest BCUT2D eigenvalue weighted by molar-refractivity contribution is -0.137. The average Bonchev–Trinajstić information content (AvgIpc) is 2.56. The maximum Gasteiger partial charge on any atom is 0.421 e. The highest BCUT2D eigenvalue weighted by Gasteiger charge is 2.43. The summed E-state index contributed by atoms with van der Waals surface area (Å²) in [5.41, 5.74) is 0.102. The van der Waals surface area contributed by atoms with Crippen molar-refractivity contribution >= 4 is 31.0 Å². The van der Waals surface area contributed by atoms with Crippen LogP contribution in [0.5, 0.6) is 0 Å². The number of benzene rings is 1. The Labute approximate surface area is 152 Å². The summed E-state index contributed by atoms with van der Waals surface area (Å²) in [5, 5.41) is 2.29. The van der Waals surface area contributed by atoms with Gasteiger partial charge >= 0.3 is 14.1 Å². The van der Waals surface area contributed by atoms with Crippen LogP contribution in [0.15, 0.2) is 30.5 Å². The molecule has 1 aliphatic heterocycles. The van der Waals surface area contributed by atoms with E-state index in [-0.39, 0.29) is 11.4 Å². The fourth-order valence-electron chi connectivity index (χ4n) is 2.33. The summed E-state index contributed by atoms with van der Waals surface area (Å²) in [4.78, 5) is 17.3. The summed E-state index contributed by atoms with van der Waals surface area (Å²) >= 11 is 5.60. The van der Waals surface area contributed by atoms with Gasteiger partial charge in [0, 0.05) is 18.3 Å². The van der Waals surface area contributed by atoms with Crippen molar-refractivity contribution in [1.29, 1.82) is 0 Å². The Kier molecular flexibility index (Phi) is 5.64. The van der Waals surface area contributed by atoms with Crippen LogP contribution in [-0.4, -0.2) is 28.1 Å². The quantitative estimate of drug-likeness (QED) is 0.569. The highest BCUT2D eigenvalue weighted by molar-refractivity contribution is 7.59. The summed E-state index contributed by atoms with van der Waals surface area (Å²) in [6.07, 6.45) is -3.05. The summed E-state index contributed by atoms with van der Waals surface area (Å²) in [7, 11) is -2.91. The van der Waals surface area contributed by atoms with Crippen molar-refractivity contribution in [3.05, 3.63) is 46.9 Å². The standard InChI is InChI=1S/C15H15ClF3N3O3P/c16-14-20-8-12(15(17,18)19)13(22-14)21-11-4-2-10(3-5-11)9-26(23)24-6-1-7-25-26/h2-5,8,23H,1,6-7,9H2,(H,20,21,22)/q+1. The molecule has 3 rings (SSSR count). The van der Waals surface area contributed by atoms with Gasteiger partial charge in [0.1, 0.15) is 11.4 Å². The highest BCUT2D eigenvalue weighted by Crippen LogP contribution is 2.61. The van der Waals surface area contributed by atoms with Gasteiger partial charge in [0.15, 0.2) is 6.16 Å². The first kappa shape index (κ1) is 19.3. The normalized spacial score (nSPS) is 17.1. The first-order valence-corrected chi connectivity index (χ1v) is 9.75. The topological polar surface area (TPSA) is 76.5 Å². The van der Waals surface area contributed by atoms with Crippen LogP contribution in [0.2, 0.25) is 5.28 Å². The van der Waals surface area contributed by atoms with Gasteiger partial charge in [-0.15, -0.1) is 0 Å². The van der Waals surface area contributed by atoms with Gasteiger partial charge < -0.3 is 5.32 Å². The zero-order chi connectivity index (χ0) is 18.8. The number of halogens is 4. The Balaban J connectivity index is 1.75. The molecule has 26 heavy (non-hydrogen) atoms. The largest absolute Gasteiger partial charge is 0.421 e. The van der Waals surface area contributed by atoms with Gasteiger partial charge in [0.2, 0.25) is 5.28 Å². The Morgan fingerprint density at radius 3 is 2.46 bits per heavy atom. The molecule has 1 saturated heterocycles. The third kappa shape index (κ3) is 4.81. The van der Waals surface area contributed by atoms with Crippen LogP contribution in [0.4, 0.5) is 24.7 Å². The number of hydrogen-bond acceptors (Lipinski definition) is 6. The number of nitrogens with one attached hydrogen (secondary N) is 1. The fourth-order valence-corrected chi connectivity index (χ4v) is 4.22. The second-order valence-electron chi connectivity index (χ2n) is 5.54. The molecule has 2 N–H and O–H groups in total. The van der Waals surface area contributed by atoms with Crippen LogP contribution in [-0.2, 0) is 21.4 Å². The molecule has 1 aromatic heterocycles. The van der Waals surface area contributed by atoms with Crippen molar-refractivity contribution < 1.29 is 27.1 Å². The van der Waals surface area contributed by atoms with E-state index in [1.54, 1.807) is 24.3 Å². The van der Waals surface area contributed by atoms with Crippen molar-refractivity contribution in [1.82, 2.24) is 9.97 Å². The second-order valence-corrected chi connectivity index (χ2v) is 7.98. The highest BCUT2D eigenvalue weighted by atomic mass is 35.5. The Morgan fingerprint density at radius 1 is 1.19 bits per heavy atom. The van der Waals surface area contributed by atoms with Gasteiger partial charge in [-0.25, -0.2) is 4.98 Å². The van der Waals surface area contributed by atoms with E-state index < -0.39 is 25.5 Å². The molecule has 1 fully saturated rings. The molecule has 1 aliphatic rings. The van der Waals surface area contributed by atoms with Crippen molar-refractivity contribution in [2.45, 2.75) is 18.8 Å². The first-order valence-electron chi connectivity index (χ1n) is 7.61. The minimum absolute atomic E-state index is 0.209. The maximum absolute atomic E-state index is 13.0. The SMILES string of the molecule is O[P+]1(Cc2ccc(Nc3nc(Cl)ncc3C(F)(F)F)cc2)OCCCO1. The van der Waals surface area contributed by atoms with Crippen molar-refractivity contribution in [3.63, 3.8) is 0 Å². The smallest absolute Gasteiger partial charge is 0.340 e. The van der Waals surface area contributed by atoms with Gasteiger partial charge in [-0.3, -0.25) is 0 Å². The zero-order valence-electron chi connectivity index (χ0n) is 13.3. The number of rotatable bonds is 4. The molecule has 140 valence electrons. The second kappa shape index (κ2) is 7.62. The van der Waals surface area contributed by atoms with Crippen molar-refractivity contribution in [2.24, 2.45) is 0 Å². The summed E-state index contributed by atoms with van der Waals surface area (Å²) in [6.45, 7) is 0.886. The van der Waals surface area contributed by atoms with Crippen LogP contribution in [0.25, 0.3) is 0 Å². The lowest BCUT2D eigenvalue weighted by atomic mass is 10.2. The van der Waals surface area contributed by atoms with E-state index in [1.165, 1.54) is 0 Å². The lowest BCUT2D eigenvalue weighted by Gasteiger charge is -2.21. The van der Waals surface area contributed by atoms with E-state index in [0.717, 1.165) is 12.0 Å². The molecule has 0 spiro atoms. The number of aromatic nitrogens is 2. The molecule has 11 heteroatoms. The molecule has 2 aromatic rings. The van der Waals surface area contributed by atoms with Gasteiger partial charge in [0.25, 0.3) is 0 Å². The van der Waals surface area contributed by atoms with Crippen molar-refractivity contribution in [3.8, 4) is 0 Å². The molecule has 0 amide bonds. The third-order valence-electron chi connectivity index (χ3n) is 3.54.